The molecule has 0 saturated carbocycles. The maximum Gasteiger partial charge on any atom is 0.273 e. The first-order chi connectivity index (χ1) is 14.4. The number of benzene rings is 2. The van der Waals surface area contributed by atoms with Crippen molar-refractivity contribution in [1.29, 1.82) is 0 Å². The third-order valence-electron chi connectivity index (χ3n) is 5.15. The van der Waals surface area contributed by atoms with Crippen molar-refractivity contribution in [2.45, 2.75) is 26.4 Å². The lowest BCUT2D eigenvalue weighted by Gasteiger charge is -2.29. The van der Waals surface area contributed by atoms with E-state index in [1.807, 2.05) is 24.3 Å². The average molecular weight is 427 g/mol. The fourth-order valence-corrected chi connectivity index (χ4v) is 4.73. The van der Waals surface area contributed by atoms with Gasteiger partial charge in [0.1, 0.15) is 6.61 Å². The lowest BCUT2D eigenvalue weighted by atomic mass is 10.1. The van der Waals surface area contributed by atoms with Gasteiger partial charge in [0.15, 0.2) is 16.6 Å². The number of amides is 1. The molecule has 30 heavy (non-hydrogen) atoms. The highest BCUT2D eigenvalue weighted by Gasteiger charge is 2.33. The molecule has 0 fully saturated rings. The Balaban J connectivity index is 1.63. The van der Waals surface area contributed by atoms with Crippen LogP contribution >= 0.6 is 11.3 Å². The standard InChI is InChI=1S/C23H27N3O3S/c1-15-12-16(2)21-17(13-15)24-23(30-21)26(11-7-10-25(3)4)22(27)20-14-28-18-8-5-6-9-19(18)29-20/h5-6,8-9,12-13,20H,7,10-11,14H2,1-4H3/p+1/t20-/m0/s1. The van der Waals surface area contributed by atoms with Gasteiger partial charge in [0.05, 0.1) is 30.9 Å². The number of quaternary nitrogens is 1. The van der Waals surface area contributed by atoms with Gasteiger partial charge in [-0.1, -0.05) is 29.5 Å². The molecule has 158 valence electrons. The molecule has 1 aromatic heterocycles. The average Bonchev–Trinajstić information content (AvgIpc) is 3.14. The summed E-state index contributed by atoms with van der Waals surface area (Å²) >= 11 is 1.57. The third kappa shape index (κ3) is 4.27. The SMILES string of the molecule is Cc1cc(C)c2sc(N(CCC[NH+](C)C)C(=O)[C@@H]3COc4ccccc4O3)nc2c1. The van der Waals surface area contributed by atoms with E-state index in [2.05, 4.69) is 40.1 Å². The number of anilines is 1. The Bertz CT molecular complexity index is 1060. The first kappa shape index (κ1) is 20.6. The number of aryl methyl sites for hydroxylation is 2. The first-order valence-electron chi connectivity index (χ1n) is 10.3. The molecule has 0 radical (unpaired) electrons. The molecule has 7 heteroatoms. The monoisotopic (exact) mass is 426 g/mol. The largest absolute Gasteiger partial charge is 0.485 e. The minimum atomic E-state index is -0.679. The molecule has 0 aliphatic carbocycles. The zero-order chi connectivity index (χ0) is 21.3. The Morgan fingerprint density at radius 1 is 1.23 bits per heavy atom. The van der Waals surface area contributed by atoms with Crippen molar-refractivity contribution in [3.05, 3.63) is 47.5 Å². The molecule has 1 aliphatic rings. The van der Waals surface area contributed by atoms with Gasteiger partial charge in [-0.2, -0.15) is 0 Å². The molecule has 2 heterocycles. The number of carbonyl (C=O) groups is 1. The number of hydrogen-bond acceptors (Lipinski definition) is 5. The molecule has 1 aliphatic heterocycles. The number of carbonyl (C=O) groups excluding carboxylic acids is 1. The Morgan fingerprint density at radius 2 is 2.00 bits per heavy atom. The molecule has 3 aromatic rings. The number of nitrogens with zero attached hydrogens (tertiary/aromatic N) is 2. The van der Waals surface area contributed by atoms with E-state index in [4.69, 9.17) is 14.5 Å². The molecular weight excluding hydrogens is 398 g/mol. The van der Waals surface area contributed by atoms with E-state index in [1.54, 1.807) is 16.2 Å². The van der Waals surface area contributed by atoms with E-state index in [0.717, 1.165) is 28.3 Å². The number of rotatable bonds is 6. The summed E-state index contributed by atoms with van der Waals surface area (Å²) in [6.07, 6.45) is 0.202. The van der Waals surface area contributed by atoms with E-state index in [1.165, 1.54) is 16.0 Å². The minimum Gasteiger partial charge on any atom is -0.485 e. The minimum absolute atomic E-state index is 0.105. The summed E-state index contributed by atoms with van der Waals surface area (Å²) in [5.74, 6) is 1.18. The summed E-state index contributed by atoms with van der Waals surface area (Å²) in [5, 5.41) is 0.722. The summed E-state index contributed by atoms with van der Waals surface area (Å²) < 4.78 is 12.9. The molecule has 6 nitrogen and oxygen atoms in total. The highest BCUT2D eigenvalue weighted by atomic mass is 32.1. The highest BCUT2D eigenvalue weighted by molar-refractivity contribution is 7.22. The van der Waals surface area contributed by atoms with Crippen molar-refractivity contribution in [3.8, 4) is 11.5 Å². The number of hydrogen-bond donors (Lipinski definition) is 1. The van der Waals surface area contributed by atoms with E-state index in [-0.39, 0.29) is 12.5 Å². The molecule has 1 N–H and O–H groups in total. The van der Waals surface area contributed by atoms with Gasteiger partial charge in [-0.05, 0) is 43.2 Å². The van der Waals surface area contributed by atoms with Crippen LogP contribution in [0.4, 0.5) is 5.13 Å². The predicted molar refractivity (Wildman–Crippen MR) is 120 cm³/mol. The Labute approximate surface area is 181 Å². The molecule has 2 aromatic carbocycles. The summed E-state index contributed by atoms with van der Waals surface area (Å²) in [6.45, 7) is 5.93. The van der Waals surface area contributed by atoms with Gasteiger partial charge in [-0.15, -0.1) is 0 Å². The highest BCUT2D eigenvalue weighted by Crippen LogP contribution is 2.34. The van der Waals surface area contributed by atoms with Gasteiger partial charge in [0.2, 0.25) is 6.10 Å². The van der Waals surface area contributed by atoms with Crippen LogP contribution in [0.2, 0.25) is 0 Å². The normalized spacial score (nSPS) is 15.6. The van der Waals surface area contributed by atoms with Crippen LogP contribution in [0.5, 0.6) is 11.5 Å². The van der Waals surface area contributed by atoms with Crippen LogP contribution in [0, 0.1) is 13.8 Å². The Kier molecular flexibility index (Phi) is 5.92. The summed E-state index contributed by atoms with van der Waals surface area (Å²) in [6, 6.07) is 11.7. The smallest absolute Gasteiger partial charge is 0.273 e. The zero-order valence-electron chi connectivity index (χ0n) is 17.9. The van der Waals surface area contributed by atoms with Crippen molar-refractivity contribution in [2.75, 3.05) is 38.7 Å². The molecule has 0 bridgehead atoms. The molecule has 4 rings (SSSR count). The first-order valence-corrected chi connectivity index (χ1v) is 11.1. The molecular formula is C23H28N3O3S+. The van der Waals surface area contributed by atoms with Gasteiger partial charge < -0.3 is 14.4 Å². The number of thiazole rings is 1. The Hall–Kier alpha value is -2.64. The van der Waals surface area contributed by atoms with Crippen molar-refractivity contribution in [3.63, 3.8) is 0 Å². The Morgan fingerprint density at radius 3 is 2.77 bits per heavy atom. The van der Waals surface area contributed by atoms with Gasteiger partial charge in [0, 0.05) is 13.0 Å². The second-order valence-electron chi connectivity index (χ2n) is 8.09. The van der Waals surface area contributed by atoms with Gasteiger partial charge in [0.25, 0.3) is 5.91 Å². The molecule has 0 unspecified atom stereocenters. The molecule has 0 saturated heterocycles. The van der Waals surface area contributed by atoms with Crippen LogP contribution in [-0.4, -0.2) is 50.8 Å². The van der Waals surface area contributed by atoms with Crippen LogP contribution in [-0.2, 0) is 4.79 Å². The van der Waals surface area contributed by atoms with E-state index in [9.17, 15) is 4.79 Å². The van der Waals surface area contributed by atoms with Crippen molar-refractivity contribution < 1.29 is 19.2 Å². The fourth-order valence-electron chi connectivity index (χ4n) is 3.69. The zero-order valence-corrected chi connectivity index (χ0v) is 18.7. The predicted octanol–water partition coefficient (Wildman–Crippen LogP) is 2.62. The number of nitrogens with one attached hydrogen (secondary N) is 1. The van der Waals surface area contributed by atoms with Gasteiger partial charge in [-0.25, -0.2) is 4.98 Å². The summed E-state index contributed by atoms with van der Waals surface area (Å²) in [5.41, 5.74) is 3.30. The number of aromatic nitrogens is 1. The second kappa shape index (κ2) is 8.62. The van der Waals surface area contributed by atoms with Gasteiger partial charge >= 0.3 is 0 Å². The van der Waals surface area contributed by atoms with Crippen LogP contribution in [0.3, 0.4) is 0 Å². The van der Waals surface area contributed by atoms with Gasteiger partial charge in [-0.3, -0.25) is 9.69 Å². The van der Waals surface area contributed by atoms with Crippen LogP contribution in [0.25, 0.3) is 10.2 Å². The fraction of sp³-hybridized carbons (Fsp3) is 0.391. The van der Waals surface area contributed by atoms with E-state index in [0.29, 0.717) is 18.0 Å². The second-order valence-corrected chi connectivity index (χ2v) is 9.07. The lowest BCUT2D eigenvalue weighted by Crippen LogP contribution is -3.05. The number of para-hydroxylation sites is 2. The molecule has 0 spiro atoms. The van der Waals surface area contributed by atoms with Crippen LogP contribution < -0.4 is 19.3 Å². The van der Waals surface area contributed by atoms with E-state index >= 15 is 0 Å². The third-order valence-corrected chi connectivity index (χ3v) is 6.38. The summed E-state index contributed by atoms with van der Waals surface area (Å²) in [4.78, 5) is 21.4. The number of fused-ring (bicyclic) bond motifs is 2. The van der Waals surface area contributed by atoms with E-state index < -0.39 is 6.10 Å². The number of ether oxygens (including phenoxy) is 2. The molecule has 1 amide bonds. The lowest BCUT2D eigenvalue weighted by molar-refractivity contribution is -0.858. The van der Waals surface area contributed by atoms with Crippen LogP contribution in [0.15, 0.2) is 36.4 Å². The van der Waals surface area contributed by atoms with Crippen molar-refractivity contribution >= 4 is 32.6 Å². The van der Waals surface area contributed by atoms with Crippen molar-refractivity contribution in [2.24, 2.45) is 0 Å². The van der Waals surface area contributed by atoms with Crippen LogP contribution in [0.1, 0.15) is 17.5 Å². The quantitative estimate of drug-likeness (QED) is 0.658. The maximum atomic E-state index is 13.5. The molecule has 1 atom stereocenters. The maximum absolute atomic E-state index is 13.5. The van der Waals surface area contributed by atoms with Crippen molar-refractivity contribution in [1.82, 2.24) is 4.98 Å². The summed E-state index contributed by atoms with van der Waals surface area (Å²) in [7, 11) is 4.23. The topological polar surface area (TPSA) is 56.1 Å².